The number of rotatable bonds is 6. The zero-order valence-electron chi connectivity index (χ0n) is 18.9. The molecule has 0 saturated carbocycles. The lowest BCUT2D eigenvalue weighted by Gasteiger charge is -2.13. The van der Waals surface area contributed by atoms with Gasteiger partial charge in [0.05, 0.1) is 43.2 Å². The highest BCUT2D eigenvalue weighted by Gasteiger charge is 2.16. The number of amides is 1. The van der Waals surface area contributed by atoms with Crippen molar-refractivity contribution in [3.63, 3.8) is 0 Å². The smallest absolute Gasteiger partial charge is 0.258 e. The number of fused-ring (bicyclic) bond motifs is 1. The molecule has 7 nitrogen and oxygen atoms in total. The highest BCUT2D eigenvalue weighted by Crippen LogP contribution is 2.28. The summed E-state index contributed by atoms with van der Waals surface area (Å²) in [6.45, 7) is 6.24. The summed E-state index contributed by atoms with van der Waals surface area (Å²) in [7, 11) is 3.21. The predicted octanol–water partition coefficient (Wildman–Crippen LogP) is 4.67. The Balaban J connectivity index is 1.61. The van der Waals surface area contributed by atoms with Gasteiger partial charge in [-0.15, -0.1) is 0 Å². The van der Waals surface area contributed by atoms with Crippen molar-refractivity contribution in [3.05, 3.63) is 76.6 Å². The zero-order chi connectivity index (χ0) is 22.8. The normalized spacial score (nSPS) is 10.9. The number of aryl methyl sites for hydroxylation is 3. The van der Waals surface area contributed by atoms with E-state index in [0.29, 0.717) is 35.1 Å². The van der Waals surface area contributed by atoms with E-state index < -0.39 is 0 Å². The average Bonchev–Trinajstić information content (AvgIpc) is 3.11. The minimum atomic E-state index is -0.216. The molecular formula is C25H26N4O3. The minimum Gasteiger partial charge on any atom is -0.493 e. The van der Waals surface area contributed by atoms with Crippen molar-refractivity contribution in [1.29, 1.82) is 0 Å². The molecular weight excluding hydrogens is 404 g/mol. The molecule has 4 aromatic rings. The summed E-state index contributed by atoms with van der Waals surface area (Å²) < 4.78 is 12.5. The first kappa shape index (κ1) is 21.4. The minimum absolute atomic E-state index is 0.216. The van der Waals surface area contributed by atoms with Crippen LogP contribution in [0.5, 0.6) is 11.5 Å². The van der Waals surface area contributed by atoms with Crippen molar-refractivity contribution in [2.45, 2.75) is 27.3 Å². The fraction of sp³-hybridized carbons (Fsp3) is 0.240. The average molecular weight is 431 g/mol. The van der Waals surface area contributed by atoms with Crippen molar-refractivity contribution in [2.24, 2.45) is 0 Å². The van der Waals surface area contributed by atoms with Crippen LogP contribution < -0.4 is 14.8 Å². The van der Waals surface area contributed by atoms with Crippen LogP contribution in [0.1, 0.15) is 32.9 Å². The topological polar surface area (TPSA) is 78.3 Å². The van der Waals surface area contributed by atoms with Gasteiger partial charge in [-0.1, -0.05) is 17.7 Å². The van der Waals surface area contributed by atoms with Gasteiger partial charge in [0, 0.05) is 11.5 Å². The maximum absolute atomic E-state index is 13.1. The molecule has 2 aromatic heterocycles. The van der Waals surface area contributed by atoms with E-state index in [1.807, 2.05) is 69.3 Å². The lowest BCUT2D eigenvalue weighted by molar-refractivity contribution is 0.102. The van der Waals surface area contributed by atoms with Crippen molar-refractivity contribution in [1.82, 2.24) is 14.8 Å². The Labute approximate surface area is 187 Å². The molecule has 1 amide bonds. The number of nitrogens with zero attached hydrogens (tertiary/aromatic N) is 3. The first-order valence-corrected chi connectivity index (χ1v) is 10.3. The van der Waals surface area contributed by atoms with Crippen molar-refractivity contribution < 1.29 is 14.3 Å². The molecule has 0 radical (unpaired) electrons. The number of ether oxygens (including phenoxy) is 2. The molecule has 2 aromatic carbocycles. The van der Waals surface area contributed by atoms with Crippen LogP contribution in [-0.4, -0.2) is 34.9 Å². The van der Waals surface area contributed by atoms with E-state index in [9.17, 15) is 4.79 Å². The van der Waals surface area contributed by atoms with E-state index in [0.717, 1.165) is 27.7 Å². The molecule has 4 rings (SSSR count). The number of anilines is 1. The highest BCUT2D eigenvalue weighted by atomic mass is 16.5. The van der Waals surface area contributed by atoms with E-state index in [2.05, 4.69) is 15.4 Å². The largest absolute Gasteiger partial charge is 0.493 e. The van der Waals surface area contributed by atoms with Crippen molar-refractivity contribution in [3.8, 4) is 11.5 Å². The number of hydrogen-bond acceptors (Lipinski definition) is 5. The van der Waals surface area contributed by atoms with Gasteiger partial charge < -0.3 is 14.8 Å². The number of carbonyl (C=O) groups excluding carboxylic acids is 1. The van der Waals surface area contributed by atoms with Crippen LogP contribution in [-0.2, 0) is 6.54 Å². The second-order valence-corrected chi connectivity index (χ2v) is 7.79. The standard InChI is InChI=1S/C25H26N4O3/c1-15-6-8-21-19(10-15)13-20(17(3)26-21)25(30)27-24-11-16(2)28-29(24)14-18-7-9-22(31-4)23(12-18)32-5/h6-13H,14H2,1-5H3,(H,27,30). The second-order valence-electron chi connectivity index (χ2n) is 7.79. The molecule has 7 heteroatoms. The lowest BCUT2D eigenvalue weighted by atomic mass is 10.1. The lowest BCUT2D eigenvalue weighted by Crippen LogP contribution is -2.17. The van der Waals surface area contributed by atoms with Gasteiger partial charge >= 0.3 is 0 Å². The molecule has 0 unspecified atom stereocenters. The van der Waals surface area contributed by atoms with E-state index >= 15 is 0 Å². The Morgan fingerprint density at radius 1 is 0.969 bits per heavy atom. The fourth-order valence-electron chi connectivity index (χ4n) is 3.72. The highest BCUT2D eigenvalue weighted by molar-refractivity contribution is 6.06. The van der Waals surface area contributed by atoms with Gasteiger partial charge in [0.1, 0.15) is 5.82 Å². The molecule has 0 bridgehead atoms. The maximum Gasteiger partial charge on any atom is 0.258 e. The van der Waals surface area contributed by atoms with Crippen LogP contribution in [0.3, 0.4) is 0 Å². The number of benzene rings is 2. The maximum atomic E-state index is 13.1. The third-order valence-electron chi connectivity index (χ3n) is 5.33. The molecule has 1 N–H and O–H groups in total. The van der Waals surface area contributed by atoms with Crippen LogP contribution in [0.2, 0.25) is 0 Å². The van der Waals surface area contributed by atoms with Gasteiger partial charge in [0.15, 0.2) is 11.5 Å². The molecule has 0 aliphatic heterocycles. The van der Waals surface area contributed by atoms with Crippen LogP contribution >= 0.6 is 0 Å². The molecule has 0 aliphatic carbocycles. The van der Waals surface area contributed by atoms with Gasteiger partial charge in [-0.3, -0.25) is 9.78 Å². The Morgan fingerprint density at radius 3 is 2.50 bits per heavy atom. The number of nitrogens with one attached hydrogen (secondary N) is 1. The Bertz CT molecular complexity index is 1310. The van der Waals surface area contributed by atoms with Gasteiger partial charge in [0.2, 0.25) is 0 Å². The zero-order valence-corrected chi connectivity index (χ0v) is 18.9. The molecule has 2 heterocycles. The van der Waals surface area contributed by atoms with Crippen molar-refractivity contribution in [2.75, 3.05) is 19.5 Å². The fourth-order valence-corrected chi connectivity index (χ4v) is 3.72. The van der Waals surface area contributed by atoms with Crippen LogP contribution in [0, 0.1) is 20.8 Å². The van der Waals surface area contributed by atoms with Crippen molar-refractivity contribution >= 4 is 22.6 Å². The summed E-state index contributed by atoms with van der Waals surface area (Å²) in [4.78, 5) is 17.7. The number of carbonyl (C=O) groups is 1. The first-order valence-electron chi connectivity index (χ1n) is 10.3. The molecule has 0 saturated heterocycles. The molecule has 0 fully saturated rings. The third-order valence-corrected chi connectivity index (χ3v) is 5.33. The first-order chi connectivity index (χ1) is 15.4. The summed E-state index contributed by atoms with van der Waals surface area (Å²) in [6, 6.07) is 15.5. The van der Waals surface area contributed by atoms with Gasteiger partial charge in [-0.05, 0) is 56.7 Å². The summed E-state index contributed by atoms with van der Waals surface area (Å²) in [5.41, 5.74) is 5.00. The molecule has 164 valence electrons. The number of hydrogen-bond donors (Lipinski definition) is 1. The summed E-state index contributed by atoms with van der Waals surface area (Å²) in [5.74, 6) is 1.71. The van der Waals surface area contributed by atoms with Gasteiger partial charge in [-0.25, -0.2) is 4.68 Å². The van der Waals surface area contributed by atoms with E-state index in [1.54, 1.807) is 18.9 Å². The summed E-state index contributed by atoms with van der Waals surface area (Å²) in [6.07, 6.45) is 0. The number of pyridine rings is 1. The Kier molecular flexibility index (Phi) is 5.81. The summed E-state index contributed by atoms with van der Waals surface area (Å²) in [5, 5.41) is 8.49. The van der Waals surface area contributed by atoms with Crippen LogP contribution in [0.15, 0.2) is 48.5 Å². The molecule has 0 atom stereocenters. The predicted molar refractivity (Wildman–Crippen MR) is 125 cm³/mol. The second kappa shape index (κ2) is 8.70. The Hall–Kier alpha value is -3.87. The van der Waals surface area contributed by atoms with E-state index in [4.69, 9.17) is 9.47 Å². The van der Waals surface area contributed by atoms with E-state index in [1.165, 1.54) is 0 Å². The SMILES string of the molecule is COc1ccc(Cn2nc(C)cc2NC(=O)c2cc3cc(C)ccc3nc2C)cc1OC. The molecule has 0 aliphatic rings. The third kappa shape index (κ3) is 4.27. The van der Waals surface area contributed by atoms with Gasteiger partial charge in [-0.2, -0.15) is 5.10 Å². The van der Waals surface area contributed by atoms with Gasteiger partial charge in [0.25, 0.3) is 5.91 Å². The monoisotopic (exact) mass is 430 g/mol. The molecule has 0 spiro atoms. The molecule has 32 heavy (non-hydrogen) atoms. The Morgan fingerprint density at radius 2 is 1.75 bits per heavy atom. The summed E-state index contributed by atoms with van der Waals surface area (Å²) >= 11 is 0. The number of methoxy groups -OCH3 is 2. The van der Waals surface area contributed by atoms with Crippen LogP contribution in [0.4, 0.5) is 5.82 Å². The van der Waals surface area contributed by atoms with Crippen LogP contribution in [0.25, 0.3) is 10.9 Å². The quantitative estimate of drug-likeness (QED) is 0.481. The van der Waals surface area contributed by atoms with E-state index in [-0.39, 0.29) is 5.91 Å². The number of aromatic nitrogens is 3.